The third kappa shape index (κ3) is 5.90. The van der Waals surface area contributed by atoms with Gasteiger partial charge in [-0.25, -0.2) is 8.42 Å². The monoisotopic (exact) mass is 225 g/mol. The van der Waals surface area contributed by atoms with E-state index in [1.165, 1.54) is 0 Å². The fourth-order valence-corrected chi connectivity index (χ4v) is 1.55. The van der Waals surface area contributed by atoms with Crippen molar-refractivity contribution in [3.05, 3.63) is 0 Å². The van der Waals surface area contributed by atoms with E-state index in [4.69, 9.17) is 10.2 Å². The van der Waals surface area contributed by atoms with Crippen LogP contribution in [0.2, 0.25) is 0 Å². The second-order valence-electron chi connectivity index (χ2n) is 2.90. The number of hydrogen-bond acceptors (Lipinski definition) is 5. The average molecular weight is 225 g/mol. The molecule has 0 heterocycles. The number of sulfone groups is 1. The first-order valence-corrected chi connectivity index (χ1v) is 6.14. The van der Waals surface area contributed by atoms with Crippen LogP contribution in [-0.4, -0.2) is 67.7 Å². The maximum Gasteiger partial charge on any atom is 0.237 e. The summed E-state index contributed by atoms with van der Waals surface area (Å²) in [6, 6.07) is 0. The van der Waals surface area contributed by atoms with Gasteiger partial charge >= 0.3 is 0 Å². The molecule has 84 valence electrons. The van der Waals surface area contributed by atoms with E-state index in [9.17, 15) is 13.2 Å². The molecule has 0 rings (SSSR count). The largest absolute Gasteiger partial charge is 0.395 e. The Balaban J connectivity index is 4.29. The zero-order valence-electron chi connectivity index (χ0n) is 8.01. The van der Waals surface area contributed by atoms with Gasteiger partial charge in [-0.05, 0) is 0 Å². The predicted molar refractivity (Wildman–Crippen MR) is 50.5 cm³/mol. The zero-order chi connectivity index (χ0) is 11.2. The first-order chi connectivity index (χ1) is 6.40. The third-order valence-corrected chi connectivity index (χ3v) is 2.25. The second-order valence-corrected chi connectivity index (χ2v) is 5.04. The summed E-state index contributed by atoms with van der Waals surface area (Å²) in [5.74, 6) is -1.19. The van der Waals surface area contributed by atoms with Crippen LogP contribution >= 0.6 is 0 Å². The first-order valence-electron chi connectivity index (χ1n) is 4.08. The lowest BCUT2D eigenvalue weighted by Crippen LogP contribution is -2.39. The summed E-state index contributed by atoms with van der Waals surface area (Å²) in [5, 5.41) is 17.2. The van der Waals surface area contributed by atoms with Crippen molar-refractivity contribution in [1.29, 1.82) is 0 Å². The van der Waals surface area contributed by atoms with Crippen LogP contribution in [0.3, 0.4) is 0 Å². The van der Waals surface area contributed by atoms with Crippen molar-refractivity contribution in [2.24, 2.45) is 0 Å². The van der Waals surface area contributed by atoms with Crippen molar-refractivity contribution in [2.45, 2.75) is 0 Å². The standard InChI is InChI=1S/C7H15NO5S/c1-14(12,13)6-7(11)8(2-4-9)3-5-10/h9-10H,2-6H2,1H3. The summed E-state index contributed by atoms with van der Waals surface area (Å²) >= 11 is 0. The number of aliphatic hydroxyl groups is 2. The van der Waals surface area contributed by atoms with E-state index in [1.54, 1.807) is 0 Å². The molecule has 0 aromatic carbocycles. The van der Waals surface area contributed by atoms with Crippen molar-refractivity contribution in [3.63, 3.8) is 0 Å². The maximum absolute atomic E-state index is 11.3. The smallest absolute Gasteiger partial charge is 0.237 e. The minimum absolute atomic E-state index is 0.0366. The minimum Gasteiger partial charge on any atom is -0.395 e. The molecular formula is C7H15NO5S. The van der Waals surface area contributed by atoms with Gasteiger partial charge < -0.3 is 15.1 Å². The minimum atomic E-state index is -3.36. The van der Waals surface area contributed by atoms with Gasteiger partial charge in [0.25, 0.3) is 0 Å². The van der Waals surface area contributed by atoms with Crippen LogP contribution in [0.4, 0.5) is 0 Å². The molecule has 0 unspecified atom stereocenters. The Morgan fingerprint density at radius 2 is 1.64 bits per heavy atom. The highest BCUT2D eigenvalue weighted by molar-refractivity contribution is 7.91. The fraction of sp³-hybridized carbons (Fsp3) is 0.857. The van der Waals surface area contributed by atoms with Gasteiger partial charge in [0.1, 0.15) is 5.75 Å². The quantitative estimate of drug-likeness (QED) is 0.537. The predicted octanol–water partition coefficient (Wildman–Crippen LogP) is -2.16. The number of hydrogen-bond donors (Lipinski definition) is 2. The molecule has 0 fully saturated rings. The molecule has 0 saturated carbocycles. The molecule has 0 bridgehead atoms. The number of rotatable bonds is 6. The molecular weight excluding hydrogens is 210 g/mol. The van der Waals surface area contributed by atoms with Crippen molar-refractivity contribution in [2.75, 3.05) is 38.3 Å². The van der Waals surface area contributed by atoms with Crippen molar-refractivity contribution in [3.8, 4) is 0 Å². The van der Waals surface area contributed by atoms with Gasteiger partial charge in [-0.2, -0.15) is 0 Å². The molecule has 0 aliphatic heterocycles. The van der Waals surface area contributed by atoms with Crippen LogP contribution in [0.1, 0.15) is 0 Å². The van der Waals surface area contributed by atoms with Gasteiger partial charge in [-0.3, -0.25) is 4.79 Å². The second kappa shape index (κ2) is 5.94. The van der Waals surface area contributed by atoms with Crippen molar-refractivity contribution >= 4 is 15.7 Å². The van der Waals surface area contributed by atoms with Gasteiger partial charge in [0, 0.05) is 19.3 Å². The molecule has 1 amide bonds. The van der Waals surface area contributed by atoms with Crippen molar-refractivity contribution < 1.29 is 23.4 Å². The van der Waals surface area contributed by atoms with Crippen LogP contribution in [0.15, 0.2) is 0 Å². The van der Waals surface area contributed by atoms with E-state index in [1.807, 2.05) is 0 Å². The molecule has 6 nitrogen and oxygen atoms in total. The Morgan fingerprint density at radius 3 is 1.93 bits per heavy atom. The number of amides is 1. The maximum atomic E-state index is 11.3. The lowest BCUT2D eigenvalue weighted by molar-refractivity contribution is -0.129. The molecule has 2 N–H and O–H groups in total. The van der Waals surface area contributed by atoms with E-state index in [0.29, 0.717) is 0 Å². The summed E-state index contributed by atoms with van der Waals surface area (Å²) in [6.07, 6.45) is 0.959. The van der Waals surface area contributed by atoms with Gasteiger partial charge in [0.15, 0.2) is 9.84 Å². The lowest BCUT2D eigenvalue weighted by atomic mass is 10.4. The Morgan fingerprint density at radius 1 is 1.21 bits per heavy atom. The molecule has 0 aromatic rings. The van der Waals surface area contributed by atoms with Crippen LogP contribution in [-0.2, 0) is 14.6 Å². The zero-order valence-corrected chi connectivity index (χ0v) is 8.83. The van der Waals surface area contributed by atoms with Crippen LogP contribution < -0.4 is 0 Å². The SMILES string of the molecule is CS(=O)(=O)CC(=O)N(CCO)CCO. The number of carbonyl (C=O) groups excluding carboxylic acids is 1. The summed E-state index contributed by atoms with van der Waals surface area (Å²) in [4.78, 5) is 12.4. The summed E-state index contributed by atoms with van der Waals surface area (Å²) in [6.45, 7) is -0.436. The topological polar surface area (TPSA) is 94.9 Å². The van der Waals surface area contributed by atoms with E-state index >= 15 is 0 Å². The highest BCUT2D eigenvalue weighted by Crippen LogP contribution is 1.93. The number of aliphatic hydroxyl groups excluding tert-OH is 2. The van der Waals surface area contributed by atoms with Crippen LogP contribution in [0.25, 0.3) is 0 Å². The number of carbonyl (C=O) groups is 1. The summed E-state index contributed by atoms with van der Waals surface area (Å²) in [7, 11) is -3.36. The summed E-state index contributed by atoms with van der Waals surface area (Å²) < 4.78 is 21.6. The normalized spacial score (nSPS) is 11.4. The summed E-state index contributed by atoms with van der Waals surface area (Å²) in [5.41, 5.74) is 0. The van der Waals surface area contributed by atoms with E-state index < -0.39 is 21.5 Å². The van der Waals surface area contributed by atoms with Gasteiger partial charge in [0.2, 0.25) is 5.91 Å². The van der Waals surface area contributed by atoms with Gasteiger partial charge in [-0.1, -0.05) is 0 Å². The number of nitrogens with zero attached hydrogens (tertiary/aromatic N) is 1. The first kappa shape index (κ1) is 13.3. The Hall–Kier alpha value is -0.660. The van der Waals surface area contributed by atoms with Crippen LogP contribution in [0.5, 0.6) is 0 Å². The van der Waals surface area contributed by atoms with Gasteiger partial charge in [-0.15, -0.1) is 0 Å². The molecule has 0 aromatic heterocycles. The van der Waals surface area contributed by atoms with Crippen LogP contribution in [0, 0.1) is 0 Å². The molecule has 7 heteroatoms. The average Bonchev–Trinajstić information content (AvgIpc) is 2.01. The highest BCUT2D eigenvalue weighted by atomic mass is 32.2. The molecule has 0 spiro atoms. The molecule has 14 heavy (non-hydrogen) atoms. The van der Waals surface area contributed by atoms with Crippen molar-refractivity contribution in [1.82, 2.24) is 4.90 Å². The Bertz CT molecular complexity index is 268. The van der Waals surface area contributed by atoms with E-state index in [2.05, 4.69) is 0 Å². The molecule has 0 aliphatic carbocycles. The highest BCUT2D eigenvalue weighted by Gasteiger charge is 2.17. The molecule has 0 aliphatic rings. The lowest BCUT2D eigenvalue weighted by Gasteiger charge is -2.19. The van der Waals surface area contributed by atoms with Gasteiger partial charge in [0.05, 0.1) is 13.2 Å². The molecule has 0 saturated heterocycles. The molecule has 0 radical (unpaired) electrons. The van der Waals surface area contributed by atoms with E-state index in [0.717, 1.165) is 11.2 Å². The van der Waals surface area contributed by atoms with E-state index in [-0.39, 0.29) is 26.3 Å². The third-order valence-electron chi connectivity index (χ3n) is 1.48. The molecule has 0 atom stereocenters. The fourth-order valence-electron chi connectivity index (χ4n) is 0.918. The Labute approximate surface area is 83.1 Å². The Kier molecular flexibility index (Phi) is 5.66.